The third kappa shape index (κ3) is 3.96. The predicted molar refractivity (Wildman–Crippen MR) is 92.1 cm³/mol. The van der Waals surface area contributed by atoms with Crippen molar-refractivity contribution in [2.24, 2.45) is 0 Å². The van der Waals surface area contributed by atoms with Crippen LogP contribution in [0, 0.1) is 0 Å². The highest BCUT2D eigenvalue weighted by Crippen LogP contribution is 2.29. The van der Waals surface area contributed by atoms with Gasteiger partial charge in [-0.2, -0.15) is 4.31 Å². The van der Waals surface area contributed by atoms with E-state index < -0.39 is 10.0 Å². The summed E-state index contributed by atoms with van der Waals surface area (Å²) in [4.78, 5) is 14.3. The van der Waals surface area contributed by atoms with Gasteiger partial charge in [-0.25, -0.2) is 8.42 Å². The molecule has 0 radical (unpaired) electrons. The molecule has 2 saturated heterocycles. The highest BCUT2D eigenvalue weighted by Gasteiger charge is 2.30. The van der Waals surface area contributed by atoms with E-state index in [1.54, 1.807) is 18.2 Å². The second kappa shape index (κ2) is 7.72. The summed E-state index contributed by atoms with van der Waals surface area (Å²) in [6.45, 7) is 2.98. The normalized spacial score (nSPS) is 19.2. The van der Waals surface area contributed by atoms with E-state index in [0.29, 0.717) is 37.6 Å². The number of rotatable bonds is 5. The van der Waals surface area contributed by atoms with Crippen LogP contribution in [0.2, 0.25) is 0 Å². The van der Waals surface area contributed by atoms with Crippen molar-refractivity contribution in [1.82, 2.24) is 9.21 Å². The Bertz CT molecular complexity index is 723. The summed E-state index contributed by atoms with van der Waals surface area (Å²) >= 11 is 0. The molecule has 3 rings (SSSR count). The van der Waals surface area contributed by atoms with Gasteiger partial charge in [-0.1, -0.05) is 6.07 Å². The molecular weight excluding hydrogens is 344 g/mol. The summed E-state index contributed by atoms with van der Waals surface area (Å²) in [5, 5.41) is 0. The van der Waals surface area contributed by atoms with Crippen LogP contribution in [0.3, 0.4) is 0 Å². The predicted octanol–water partition coefficient (Wildman–Crippen LogP) is 0.881. The van der Waals surface area contributed by atoms with Crippen molar-refractivity contribution < 1.29 is 22.7 Å². The average molecular weight is 368 g/mol. The van der Waals surface area contributed by atoms with E-state index in [2.05, 4.69) is 0 Å². The Morgan fingerprint density at radius 1 is 1.16 bits per heavy atom. The highest BCUT2D eigenvalue weighted by atomic mass is 32.2. The third-order valence-corrected chi connectivity index (χ3v) is 6.55. The second-order valence-corrected chi connectivity index (χ2v) is 8.17. The molecule has 2 heterocycles. The Kier molecular flexibility index (Phi) is 5.61. The van der Waals surface area contributed by atoms with Gasteiger partial charge in [-0.15, -0.1) is 0 Å². The first-order valence-corrected chi connectivity index (χ1v) is 9.99. The maximum atomic E-state index is 13.0. The largest absolute Gasteiger partial charge is 0.495 e. The molecule has 0 atom stereocenters. The van der Waals surface area contributed by atoms with Gasteiger partial charge < -0.3 is 14.4 Å². The van der Waals surface area contributed by atoms with Crippen LogP contribution in [0.1, 0.15) is 18.4 Å². The molecule has 0 aromatic heterocycles. The number of morpholine rings is 1. The van der Waals surface area contributed by atoms with E-state index in [4.69, 9.17) is 9.47 Å². The van der Waals surface area contributed by atoms with Crippen molar-refractivity contribution in [2.75, 3.05) is 46.5 Å². The summed E-state index contributed by atoms with van der Waals surface area (Å²) in [5.74, 6) is 0.334. The lowest BCUT2D eigenvalue weighted by Crippen LogP contribution is -2.40. The number of carbonyl (C=O) groups excluding carboxylic acids is 1. The fourth-order valence-corrected chi connectivity index (χ4v) is 4.83. The number of nitrogens with zero attached hydrogens (tertiary/aromatic N) is 2. The fraction of sp³-hybridized carbons (Fsp3) is 0.588. The quantitative estimate of drug-likeness (QED) is 0.771. The zero-order valence-corrected chi connectivity index (χ0v) is 15.3. The molecular formula is C17H24N2O5S. The van der Waals surface area contributed by atoms with Gasteiger partial charge in [0.1, 0.15) is 10.6 Å². The Balaban J connectivity index is 1.85. The van der Waals surface area contributed by atoms with E-state index in [1.165, 1.54) is 11.4 Å². The minimum Gasteiger partial charge on any atom is -0.495 e. The number of sulfonamides is 1. The first-order valence-electron chi connectivity index (χ1n) is 8.55. The molecule has 8 heteroatoms. The molecule has 25 heavy (non-hydrogen) atoms. The molecule has 138 valence electrons. The Labute approximate surface area is 148 Å². The Morgan fingerprint density at radius 2 is 1.84 bits per heavy atom. The molecule has 7 nitrogen and oxygen atoms in total. The fourth-order valence-electron chi connectivity index (χ4n) is 3.21. The van der Waals surface area contributed by atoms with Gasteiger partial charge in [0.25, 0.3) is 0 Å². The lowest BCUT2D eigenvalue weighted by atomic mass is 10.1. The maximum absolute atomic E-state index is 13.0. The summed E-state index contributed by atoms with van der Waals surface area (Å²) in [6, 6.07) is 4.95. The monoisotopic (exact) mass is 368 g/mol. The standard InChI is InChI=1S/C17H24N2O5S/c1-23-15-5-4-14(13-17(20)18-6-2-3-7-18)12-16(15)25(21,22)19-8-10-24-11-9-19/h4-5,12H,2-3,6-11,13H2,1H3. The molecule has 1 aromatic rings. The summed E-state index contributed by atoms with van der Waals surface area (Å²) in [6.07, 6.45) is 2.27. The van der Waals surface area contributed by atoms with E-state index in [0.717, 1.165) is 25.9 Å². The average Bonchev–Trinajstić information content (AvgIpc) is 3.17. The SMILES string of the molecule is COc1ccc(CC(=O)N2CCCC2)cc1S(=O)(=O)N1CCOCC1. The van der Waals surface area contributed by atoms with Gasteiger partial charge in [-0.05, 0) is 30.5 Å². The van der Waals surface area contributed by atoms with Crippen LogP contribution in [-0.4, -0.2) is 70.0 Å². The van der Waals surface area contributed by atoms with Crippen molar-refractivity contribution in [1.29, 1.82) is 0 Å². The van der Waals surface area contributed by atoms with Crippen LogP contribution in [0.4, 0.5) is 0 Å². The molecule has 0 aliphatic carbocycles. The minimum atomic E-state index is -3.68. The lowest BCUT2D eigenvalue weighted by Gasteiger charge is -2.27. The second-order valence-electron chi connectivity index (χ2n) is 6.27. The van der Waals surface area contributed by atoms with E-state index >= 15 is 0 Å². The number of benzene rings is 1. The van der Waals surface area contributed by atoms with E-state index in [9.17, 15) is 13.2 Å². The molecule has 0 bridgehead atoms. The molecule has 0 N–H and O–H groups in total. The third-order valence-electron chi connectivity index (χ3n) is 4.63. The molecule has 0 spiro atoms. The van der Waals surface area contributed by atoms with Crippen LogP contribution >= 0.6 is 0 Å². The van der Waals surface area contributed by atoms with Crippen molar-refractivity contribution in [3.8, 4) is 5.75 Å². The smallest absolute Gasteiger partial charge is 0.246 e. The zero-order valence-electron chi connectivity index (χ0n) is 14.4. The molecule has 1 amide bonds. The van der Waals surface area contributed by atoms with Gasteiger partial charge in [0.05, 0.1) is 26.7 Å². The Morgan fingerprint density at radius 3 is 2.48 bits per heavy atom. The van der Waals surface area contributed by atoms with E-state index in [1.807, 2.05) is 4.90 Å². The van der Waals surface area contributed by atoms with Crippen molar-refractivity contribution in [3.05, 3.63) is 23.8 Å². The van der Waals surface area contributed by atoms with Crippen molar-refractivity contribution in [2.45, 2.75) is 24.2 Å². The molecule has 2 aliphatic heterocycles. The van der Waals surface area contributed by atoms with Crippen LogP contribution in [-0.2, 0) is 26.0 Å². The summed E-state index contributed by atoms with van der Waals surface area (Å²) < 4.78 is 37.8. The number of amides is 1. The lowest BCUT2D eigenvalue weighted by molar-refractivity contribution is -0.129. The van der Waals surface area contributed by atoms with Crippen LogP contribution < -0.4 is 4.74 Å². The Hall–Kier alpha value is -1.64. The molecule has 2 fully saturated rings. The van der Waals surface area contributed by atoms with Crippen LogP contribution in [0.25, 0.3) is 0 Å². The van der Waals surface area contributed by atoms with E-state index in [-0.39, 0.29) is 17.2 Å². The first kappa shape index (κ1) is 18.2. The molecule has 0 unspecified atom stereocenters. The highest BCUT2D eigenvalue weighted by molar-refractivity contribution is 7.89. The number of methoxy groups -OCH3 is 1. The van der Waals surface area contributed by atoms with Gasteiger partial charge in [0.2, 0.25) is 15.9 Å². The van der Waals surface area contributed by atoms with Crippen molar-refractivity contribution >= 4 is 15.9 Å². The van der Waals surface area contributed by atoms with Crippen LogP contribution in [0.15, 0.2) is 23.1 Å². The number of likely N-dealkylation sites (tertiary alicyclic amines) is 1. The number of ether oxygens (including phenoxy) is 2. The summed E-state index contributed by atoms with van der Waals surface area (Å²) in [5.41, 5.74) is 0.685. The van der Waals surface area contributed by atoms with Crippen LogP contribution in [0.5, 0.6) is 5.75 Å². The molecule has 2 aliphatic rings. The zero-order chi connectivity index (χ0) is 17.9. The van der Waals surface area contributed by atoms with Gasteiger partial charge in [-0.3, -0.25) is 4.79 Å². The van der Waals surface area contributed by atoms with Gasteiger partial charge >= 0.3 is 0 Å². The van der Waals surface area contributed by atoms with Gasteiger partial charge in [0.15, 0.2) is 0 Å². The number of hydrogen-bond donors (Lipinski definition) is 0. The number of carbonyl (C=O) groups is 1. The first-order chi connectivity index (χ1) is 12.0. The maximum Gasteiger partial charge on any atom is 0.246 e. The minimum absolute atomic E-state index is 0.0392. The molecule has 1 aromatic carbocycles. The molecule has 0 saturated carbocycles. The number of hydrogen-bond acceptors (Lipinski definition) is 5. The van der Waals surface area contributed by atoms with Crippen molar-refractivity contribution in [3.63, 3.8) is 0 Å². The van der Waals surface area contributed by atoms with Gasteiger partial charge in [0, 0.05) is 26.2 Å². The topological polar surface area (TPSA) is 76.2 Å². The summed E-state index contributed by atoms with van der Waals surface area (Å²) in [7, 11) is -2.23.